The molecule has 1 amide bonds. The second-order valence-electron chi connectivity index (χ2n) is 9.35. The van der Waals surface area contributed by atoms with E-state index >= 15 is 0 Å². The number of fused-ring (bicyclic) bond motifs is 2. The van der Waals surface area contributed by atoms with Crippen molar-refractivity contribution in [3.63, 3.8) is 0 Å². The lowest BCUT2D eigenvalue weighted by molar-refractivity contribution is -0.149. The fourth-order valence-electron chi connectivity index (χ4n) is 6.04. The molecule has 5 heteroatoms. The Morgan fingerprint density at radius 2 is 1.80 bits per heavy atom. The van der Waals surface area contributed by atoms with Crippen LogP contribution in [0.3, 0.4) is 0 Å². The monoisotopic (exact) mass is 412 g/mol. The Labute approximate surface area is 180 Å². The fourth-order valence-corrected chi connectivity index (χ4v) is 6.04. The number of aryl methyl sites for hydroxylation is 1. The first-order valence-corrected chi connectivity index (χ1v) is 11.8. The number of carbonyl (C=O) groups is 2. The number of likely N-dealkylation sites (tertiary alicyclic amines) is 1. The highest BCUT2D eigenvalue weighted by molar-refractivity contribution is 5.95. The van der Waals surface area contributed by atoms with Gasteiger partial charge in [0.15, 0.2) is 0 Å². The van der Waals surface area contributed by atoms with E-state index in [1.54, 1.807) is 6.92 Å². The second-order valence-corrected chi connectivity index (χ2v) is 9.35. The first kappa shape index (κ1) is 21.4. The summed E-state index contributed by atoms with van der Waals surface area (Å²) in [5, 5.41) is 0. The molecule has 1 saturated heterocycles. The van der Waals surface area contributed by atoms with E-state index in [0.29, 0.717) is 12.6 Å². The summed E-state index contributed by atoms with van der Waals surface area (Å²) < 4.78 is 5.22. The Kier molecular flexibility index (Phi) is 6.19. The molecular weight excluding hydrogens is 376 g/mol. The molecule has 1 aliphatic carbocycles. The number of benzene rings is 1. The third-order valence-electron chi connectivity index (χ3n) is 7.77. The maximum atomic E-state index is 12.4. The van der Waals surface area contributed by atoms with Gasteiger partial charge in [0, 0.05) is 24.9 Å². The average molecular weight is 413 g/mol. The van der Waals surface area contributed by atoms with Crippen LogP contribution in [0.15, 0.2) is 18.2 Å². The molecule has 1 aromatic rings. The van der Waals surface area contributed by atoms with Crippen molar-refractivity contribution in [3.8, 4) is 0 Å². The normalized spacial score (nSPS) is 25.9. The number of esters is 1. The minimum absolute atomic E-state index is 0.00726. The maximum Gasteiger partial charge on any atom is 0.308 e. The van der Waals surface area contributed by atoms with E-state index in [1.807, 2.05) is 11.8 Å². The summed E-state index contributed by atoms with van der Waals surface area (Å²) >= 11 is 0. The molecule has 0 atom stereocenters. The molecule has 0 bridgehead atoms. The molecule has 0 unspecified atom stereocenters. The van der Waals surface area contributed by atoms with Crippen LogP contribution in [-0.2, 0) is 26.2 Å². The van der Waals surface area contributed by atoms with Crippen molar-refractivity contribution >= 4 is 17.6 Å². The molecule has 5 nitrogen and oxygen atoms in total. The third-order valence-corrected chi connectivity index (χ3v) is 7.77. The Balaban J connectivity index is 1.43. The van der Waals surface area contributed by atoms with Crippen molar-refractivity contribution in [2.45, 2.75) is 77.2 Å². The largest absolute Gasteiger partial charge is 0.466 e. The topological polar surface area (TPSA) is 49.9 Å². The van der Waals surface area contributed by atoms with Gasteiger partial charge in [-0.3, -0.25) is 9.59 Å². The van der Waals surface area contributed by atoms with Crippen molar-refractivity contribution in [2.24, 2.45) is 5.92 Å². The lowest BCUT2D eigenvalue weighted by atomic mass is 9.73. The number of nitrogens with zero attached hydrogens (tertiary/aromatic N) is 2. The summed E-state index contributed by atoms with van der Waals surface area (Å²) in [6.07, 6.45) is 7.25. The average Bonchev–Trinajstić information content (AvgIpc) is 3.09. The van der Waals surface area contributed by atoms with Crippen LogP contribution >= 0.6 is 0 Å². The summed E-state index contributed by atoms with van der Waals surface area (Å²) in [6.45, 7) is 9.22. The standard InChI is InChI=1S/C25H36N2O3/c1-4-19-7-6-8-22-23(19)27(18(3)28)17-25(22)13-15-26(16-14-25)21-11-9-20(10-12-21)24(29)30-5-2/h6-8,20-21H,4-5,9-17H2,1-3H3. The highest BCUT2D eigenvalue weighted by Gasteiger charge is 2.47. The molecule has 2 aliphatic heterocycles. The molecule has 164 valence electrons. The highest BCUT2D eigenvalue weighted by Crippen LogP contribution is 2.49. The van der Waals surface area contributed by atoms with Crippen LogP contribution in [0.25, 0.3) is 0 Å². The van der Waals surface area contributed by atoms with Crippen LogP contribution in [0.2, 0.25) is 0 Å². The van der Waals surface area contributed by atoms with Gasteiger partial charge in [-0.15, -0.1) is 0 Å². The van der Waals surface area contributed by atoms with E-state index in [0.717, 1.165) is 64.6 Å². The van der Waals surface area contributed by atoms with Gasteiger partial charge in [-0.25, -0.2) is 0 Å². The first-order valence-electron chi connectivity index (χ1n) is 11.8. The van der Waals surface area contributed by atoms with Gasteiger partial charge in [0.05, 0.1) is 18.2 Å². The zero-order valence-corrected chi connectivity index (χ0v) is 18.8. The minimum atomic E-state index is -0.00726. The van der Waals surface area contributed by atoms with Gasteiger partial charge in [0.2, 0.25) is 5.91 Å². The van der Waals surface area contributed by atoms with Crippen LogP contribution in [0, 0.1) is 5.92 Å². The Hall–Kier alpha value is -1.88. The van der Waals surface area contributed by atoms with Crippen molar-refractivity contribution in [3.05, 3.63) is 29.3 Å². The van der Waals surface area contributed by atoms with Crippen molar-refractivity contribution in [1.82, 2.24) is 4.90 Å². The minimum Gasteiger partial charge on any atom is -0.466 e. The second kappa shape index (κ2) is 8.70. The van der Waals surface area contributed by atoms with E-state index in [4.69, 9.17) is 4.74 Å². The number of hydrogen-bond donors (Lipinski definition) is 0. The zero-order chi connectivity index (χ0) is 21.3. The molecule has 1 aromatic carbocycles. The molecule has 1 saturated carbocycles. The zero-order valence-electron chi connectivity index (χ0n) is 18.8. The molecule has 4 rings (SSSR count). The lowest BCUT2D eigenvalue weighted by Crippen LogP contribution is -2.50. The van der Waals surface area contributed by atoms with Gasteiger partial charge in [0.1, 0.15) is 0 Å². The van der Waals surface area contributed by atoms with Crippen molar-refractivity contribution in [2.75, 3.05) is 31.1 Å². The quantitative estimate of drug-likeness (QED) is 0.700. The van der Waals surface area contributed by atoms with Gasteiger partial charge in [-0.05, 0) is 76.1 Å². The lowest BCUT2D eigenvalue weighted by Gasteiger charge is -2.44. The molecule has 0 radical (unpaired) electrons. The Bertz CT molecular complexity index is 790. The maximum absolute atomic E-state index is 12.4. The molecule has 30 heavy (non-hydrogen) atoms. The fraction of sp³-hybridized carbons (Fsp3) is 0.680. The van der Waals surface area contributed by atoms with E-state index in [1.165, 1.54) is 16.8 Å². The first-order chi connectivity index (χ1) is 14.5. The van der Waals surface area contributed by atoms with E-state index in [9.17, 15) is 9.59 Å². The molecule has 0 aromatic heterocycles. The van der Waals surface area contributed by atoms with Gasteiger partial charge in [-0.1, -0.05) is 25.1 Å². The van der Waals surface area contributed by atoms with Crippen LogP contribution in [-0.4, -0.2) is 49.1 Å². The smallest absolute Gasteiger partial charge is 0.308 e. The van der Waals surface area contributed by atoms with Crippen LogP contribution < -0.4 is 4.90 Å². The van der Waals surface area contributed by atoms with E-state index in [2.05, 4.69) is 30.0 Å². The van der Waals surface area contributed by atoms with Gasteiger partial charge >= 0.3 is 5.97 Å². The van der Waals surface area contributed by atoms with Crippen LogP contribution in [0.1, 0.15) is 70.4 Å². The van der Waals surface area contributed by atoms with Gasteiger partial charge in [-0.2, -0.15) is 0 Å². The number of carbonyl (C=O) groups excluding carboxylic acids is 2. The van der Waals surface area contributed by atoms with Gasteiger partial charge < -0.3 is 14.5 Å². The SMILES string of the molecule is CCOC(=O)C1CCC(N2CCC3(CC2)CN(C(C)=O)c2c(CC)cccc23)CC1. The number of hydrogen-bond acceptors (Lipinski definition) is 4. The number of anilines is 1. The van der Waals surface area contributed by atoms with Crippen LogP contribution in [0.4, 0.5) is 5.69 Å². The molecule has 2 heterocycles. The number of ether oxygens (including phenoxy) is 1. The summed E-state index contributed by atoms with van der Waals surface area (Å²) in [5.41, 5.74) is 3.98. The third kappa shape index (κ3) is 3.77. The van der Waals surface area contributed by atoms with Crippen molar-refractivity contribution < 1.29 is 14.3 Å². The van der Waals surface area contributed by atoms with E-state index < -0.39 is 0 Å². The van der Waals surface area contributed by atoms with E-state index in [-0.39, 0.29) is 23.2 Å². The molecule has 3 aliphatic rings. The number of piperidine rings is 1. The number of rotatable bonds is 4. The number of para-hydroxylation sites is 1. The number of amides is 1. The summed E-state index contributed by atoms with van der Waals surface area (Å²) in [4.78, 5) is 29.1. The van der Waals surface area contributed by atoms with Gasteiger partial charge in [0.25, 0.3) is 0 Å². The van der Waals surface area contributed by atoms with Crippen LogP contribution in [0.5, 0.6) is 0 Å². The summed E-state index contributed by atoms with van der Waals surface area (Å²) in [5.74, 6) is 0.247. The Morgan fingerprint density at radius 3 is 2.40 bits per heavy atom. The molecule has 0 N–H and O–H groups in total. The summed E-state index contributed by atoms with van der Waals surface area (Å²) in [6, 6.07) is 7.19. The molecule has 1 spiro atoms. The predicted molar refractivity (Wildman–Crippen MR) is 119 cm³/mol. The highest BCUT2D eigenvalue weighted by atomic mass is 16.5. The summed E-state index contributed by atoms with van der Waals surface area (Å²) in [7, 11) is 0. The Morgan fingerprint density at radius 1 is 1.10 bits per heavy atom. The van der Waals surface area contributed by atoms with Crippen molar-refractivity contribution in [1.29, 1.82) is 0 Å². The predicted octanol–water partition coefficient (Wildman–Crippen LogP) is 4.07. The molecule has 2 fully saturated rings. The molecular formula is C25H36N2O3.